The SMILES string of the molecule is CSc1ccc(OCc2ccc(C(=O)O)cn2)cc1. The number of hydrogen-bond acceptors (Lipinski definition) is 4. The first-order valence-electron chi connectivity index (χ1n) is 5.64. The first-order valence-corrected chi connectivity index (χ1v) is 6.86. The van der Waals surface area contributed by atoms with E-state index in [-0.39, 0.29) is 5.56 Å². The first kappa shape index (κ1) is 13.4. The zero-order valence-corrected chi connectivity index (χ0v) is 11.2. The van der Waals surface area contributed by atoms with Gasteiger partial charge in [0, 0.05) is 11.1 Å². The van der Waals surface area contributed by atoms with Crippen molar-refractivity contribution in [3.05, 3.63) is 53.9 Å². The zero-order valence-electron chi connectivity index (χ0n) is 10.4. The van der Waals surface area contributed by atoms with Gasteiger partial charge in [0.2, 0.25) is 0 Å². The summed E-state index contributed by atoms with van der Waals surface area (Å²) >= 11 is 1.67. The van der Waals surface area contributed by atoms with E-state index in [1.165, 1.54) is 17.2 Å². The third-order valence-corrected chi connectivity index (χ3v) is 3.26. The molecule has 0 fully saturated rings. The van der Waals surface area contributed by atoms with Gasteiger partial charge in [-0.15, -0.1) is 11.8 Å². The first-order chi connectivity index (χ1) is 9.19. The van der Waals surface area contributed by atoms with E-state index in [1.54, 1.807) is 17.8 Å². The van der Waals surface area contributed by atoms with Crippen molar-refractivity contribution in [3.63, 3.8) is 0 Å². The predicted octanol–water partition coefficient (Wildman–Crippen LogP) is 3.08. The van der Waals surface area contributed by atoms with E-state index in [9.17, 15) is 4.79 Å². The molecule has 0 atom stereocenters. The maximum atomic E-state index is 10.7. The Morgan fingerprint density at radius 3 is 2.53 bits per heavy atom. The van der Waals surface area contributed by atoms with Crippen LogP contribution < -0.4 is 4.74 Å². The predicted molar refractivity (Wildman–Crippen MR) is 73.8 cm³/mol. The summed E-state index contributed by atoms with van der Waals surface area (Å²) in [5, 5.41) is 8.76. The van der Waals surface area contributed by atoms with E-state index in [1.807, 2.05) is 30.5 Å². The van der Waals surface area contributed by atoms with Crippen LogP contribution in [-0.4, -0.2) is 22.3 Å². The molecule has 0 saturated heterocycles. The fraction of sp³-hybridized carbons (Fsp3) is 0.143. The van der Waals surface area contributed by atoms with Gasteiger partial charge < -0.3 is 9.84 Å². The number of aromatic nitrogens is 1. The van der Waals surface area contributed by atoms with E-state index < -0.39 is 5.97 Å². The third kappa shape index (κ3) is 3.72. The van der Waals surface area contributed by atoms with Crippen LogP contribution in [0.15, 0.2) is 47.5 Å². The maximum absolute atomic E-state index is 10.7. The van der Waals surface area contributed by atoms with Gasteiger partial charge in [-0.2, -0.15) is 0 Å². The average molecular weight is 275 g/mol. The van der Waals surface area contributed by atoms with Crippen LogP contribution in [0.3, 0.4) is 0 Å². The Morgan fingerprint density at radius 2 is 2.00 bits per heavy atom. The molecule has 1 aromatic carbocycles. The quantitative estimate of drug-likeness (QED) is 0.850. The van der Waals surface area contributed by atoms with E-state index in [4.69, 9.17) is 9.84 Å². The molecule has 0 amide bonds. The summed E-state index contributed by atoms with van der Waals surface area (Å²) in [4.78, 5) is 15.9. The molecule has 0 saturated carbocycles. The van der Waals surface area contributed by atoms with Crippen LogP contribution >= 0.6 is 11.8 Å². The molecule has 4 nitrogen and oxygen atoms in total. The molecule has 0 spiro atoms. The number of hydrogen-bond donors (Lipinski definition) is 1. The molecule has 1 aromatic heterocycles. The van der Waals surface area contributed by atoms with Crippen LogP contribution in [0.4, 0.5) is 0 Å². The van der Waals surface area contributed by atoms with E-state index in [0.717, 1.165) is 5.75 Å². The summed E-state index contributed by atoms with van der Waals surface area (Å²) < 4.78 is 5.57. The minimum atomic E-state index is -0.979. The second-order valence-corrected chi connectivity index (χ2v) is 4.69. The highest BCUT2D eigenvalue weighted by Gasteiger charge is 2.03. The number of carboxylic acids is 1. The van der Waals surface area contributed by atoms with Gasteiger partial charge in [0.05, 0.1) is 11.3 Å². The van der Waals surface area contributed by atoms with Crippen molar-refractivity contribution in [3.8, 4) is 5.75 Å². The maximum Gasteiger partial charge on any atom is 0.337 e. The highest BCUT2D eigenvalue weighted by atomic mass is 32.2. The third-order valence-electron chi connectivity index (χ3n) is 2.52. The van der Waals surface area contributed by atoms with Gasteiger partial charge in [-0.1, -0.05) is 0 Å². The summed E-state index contributed by atoms with van der Waals surface area (Å²) in [6.07, 6.45) is 3.35. The highest BCUT2D eigenvalue weighted by Crippen LogP contribution is 2.19. The molecule has 2 aromatic rings. The fourth-order valence-electron chi connectivity index (χ4n) is 1.47. The van der Waals surface area contributed by atoms with Gasteiger partial charge in [0.25, 0.3) is 0 Å². The Hall–Kier alpha value is -2.01. The Balaban J connectivity index is 1.95. The molecule has 0 radical (unpaired) electrons. The lowest BCUT2D eigenvalue weighted by Gasteiger charge is -2.06. The highest BCUT2D eigenvalue weighted by molar-refractivity contribution is 7.98. The van der Waals surface area contributed by atoms with Crippen LogP contribution in [0.5, 0.6) is 5.75 Å². The van der Waals surface area contributed by atoms with Crippen molar-refractivity contribution in [2.45, 2.75) is 11.5 Å². The second-order valence-electron chi connectivity index (χ2n) is 3.81. The molecular weight excluding hydrogens is 262 g/mol. The lowest BCUT2D eigenvalue weighted by Crippen LogP contribution is -2.01. The lowest BCUT2D eigenvalue weighted by atomic mass is 10.2. The number of pyridine rings is 1. The van der Waals surface area contributed by atoms with Gasteiger partial charge in [-0.25, -0.2) is 4.79 Å². The Bertz CT molecular complexity index is 552. The Morgan fingerprint density at radius 1 is 1.26 bits per heavy atom. The summed E-state index contributed by atoms with van der Waals surface area (Å²) in [7, 11) is 0. The molecule has 5 heteroatoms. The number of thioether (sulfide) groups is 1. The van der Waals surface area contributed by atoms with E-state index >= 15 is 0 Å². The van der Waals surface area contributed by atoms with E-state index in [2.05, 4.69) is 4.98 Å². The molecule has 1 N–H and O–H groups in total. The van der Waals surface area contributed by atoms with Crippen molar-refractivity contribution < 1.29 is 14.6 Å². The molecular formula is C14H13NO3S. The molecule has 0 bridgehead atoms. The van der Waals surface area contributed by atoms with Crippen molar-refractivity contribution in [2.75, 3.05) is 6.26 Å². The smallest absolute Gasteiger partial charge is 0.337 e. The van der Waals surface area contributed by atoms with Crippen molar-refractivity contribution in [1.82, 2.24) is 4.98 Å². The van der Waals surface area contributed by atoms with Crippen LogP contribution in [0, 0.1) is 0 Å². The van der Waals surface area contributed by atoms with Crippen LogP contribution in [0.1, 0.15) is 16.1 Å². The molecule has 0 aliphatic carbocycles. The molecule has 2 rings (SSSR count). The lowest BCUT2D eigenvalue weighted by molar-refractivity contribution is 0.0696. The average Bonchev–Trinajstić information content (AvgIpc) is 2.46. The number of rotatable bonds is 5. The number of carboxylic acid groups (broad SMARTS) is 1. The molecule has 1 heterocycles. The van der Waals surface area contributed by atoms with Crippen LogP contribution in [-0.2, 0) is 6.61 Å². The van der Waals surface area contributed by atoms with Gasteiger partial charge in [-0.05, 0) is 42.7 Å². The molecule has 19 heavy (non-hydrogen) atoms. The van der Waals surface area contributed by atoms with Gasteiger partial charge in [-0.3, -0.25) is 4.98 Å². The largest absolute Gasteiger partial charge is 0.487 e. The van der Waals surface area contributed by atoms with Crippen molar-refractivity contribution in [1.29, 1.82) is 0 Å². The van der Waals surface area contributed by atoms with Gasteiger partial charge >= 0.3 is 5.97 Å². The van der Waals surface area contributed by atoms with Crippen LogP contribution in [0.2, 0.25) is 0 Å². The number of benzene rings is 1. The number of ether oxygens (including phenoxy) is 1. The normalized spacial score (nSPS) is 10.2. The van der Waals surface area contributed by atoms with Gasteiger partial charge in [0.1, 0.15) is 12.4 Å². The summed E-state index contributed by atoms with van der Waals surface area (Å²) in [6.45, 7) is 0.318. The number of aromatic carboxylic acids is 1. The molecule has 0 unspecified atom stereocenters. The summed E-state index contributed by atoms with van der Waals surface area (Å²) in [6, 6.07) is 10.9. The number of carbonyl (C=O) groups is 1. The minimum Gasteiger partial charge on any atom is -0.487 e. The van der Waals surface area contributed by atoms with E-state index in [0.29, 0.717) is 12.3 Å². The fourth-order valence-corrected chi connectivity index (χ4v) is 1.87. The topological polar surface area (TPSA) is 59.4 Å². The Kier molecular flexibility index (Phi) is 4.41. The van der Waals surface area contributed by atoms with Crippen molar-refractivity contribution >= 4 is 17.7 Å². The molecule has 0 aliphatic rings. The summed E-state index contributed by atoms with van der Waals surface area (Å²) in [5.74, 6) is -0.213. The second kappa shape index (κ2) is 6.24. The number of nitrogens with zero attached hydrogens (tertiary/aromatic N) is 1. The Labute approximate surface area is 115 Å². The monoisotopic (exact) mass is 275 g/mol. The van der Waals surface area contributed by atoms with Gasteiger partial charge in [0.15, 0.2) is 0 Å². The zero-order chi connectivity index (χ0) is 13.7. The standard InChI is InChI=1S/C14H13NO3S/c1-19-13-6-4-12(5-7-13)18-9-11-3-2-10(8-15-11)14(16)17/h2-8H,9H2,1H3,(H,16,17). The molecule has 0 aliphatic heterocycles. The van der Waals surface area contributed by atoms with Crippen molar-refractivity contribution in [2.24, 2.45) is 0 Å². The summed E-state index contributed by atoms with van der Waals surface area (Å²) in [5.41, 5.74) is 0.868. The minimum absolute atomic E-state index is 0.174. The van der Waals surface area contributed by atoms with Crippen LogP contribution in [0.25, 0.3) is 0 Å². The molecule has 98 valence electrons.